The highest BCUT2D eigenvalue weighted by atomic mass is 16.2. The third-order valence-electron chi connectivity index (χ3n) is 6.40. The van der Waals surface area contributed by atoms with E-state index in [4.69, 9.17) is 0 Å². The first kappa shape index (κ1) is 19.7. The van der Waals surface area contributed by atoms with Gasteiger partial charge in [0.05, 0.1) is 24.0 Å². The molecule has 29 heavy (non-hydrogen) atoms. The van der Waals surface area contributed by atoms with Crippen molar-refractivity contribution in [3.8, 4) is 0 Å². The van der Waals surface area contributed by atoms with Gasteiger partial charge in [0.15, 0.2) is 5.78 Å². The minimum absolute atomic E-state index is 0.0382. The first-order chi connectivity index (χ1) is 13.9. The number of nitrogens with zero attached hydrogens (tertiary/aromatic N) is 1. The van der Waals surface area contributed by atoms with Gasteiger partial charge in [-0.25, -0.2) is 0 Å². The van der Waals surface area contributed by atoms with E-state index in [0.29, 0.717) is 12.3 Å². The van der Waals surface area contributed by atoms with Crippen LogP contribution in [0.25, 0.3) is 0 Å². The molecule has 0 aromatic heterocycles. The van der Waals surface area contributed by atoms with E-state index in [1.807, 2.05) is 18.2 Å². The molecule has 0 spiro atoms. The molecule has 1 aliphatic heterocycles. The lowest BCUT2D eigenvalue weighted by Gasteiger charge is -2.41. The van der Waals surface area contributed by atoms with Gasteiger partial charge in [0, 0.05) is 24.7 Å². The molecule has 0 radical (unpaired) electrons. The van der Waals surface area contributed by atoms with Gasteiger partial charge in [-0.1, -0.05) is 38.1 Å². The van der Waals surface area contributed by atoms with E-state index in [2.05, 4.69) is 47.6 Å². The molecule has 1 heterocycles. The number of anilines is 2. The van der Waals surface area contributed by atoms with Crippen molar-refractivity contribution in [1.29, 1.82) is 0 Å². The number of rotatable bonds is 3. The maximum Gasteiger partial charge on any atom is 0.239 e. The second-order valence-electron chi connectivity index (χ2n) is 9.27. The summed E-state index contributed by atoms with van der Waals surface area (Å²) in [6.07, 6.45) is 8.83. The van der Waals surface area contributed by atoms with E-state index in [1.54, 1.807) is 7.05 Å². The van der Waals surface area contributed by atoms with Crippen molar-refractivity contribution in [2.45, 2.75) is 52.0 Å². The average molecular weight is 394 g/mol. The molecule has 0 fully saturated rings. The predicted octanol–water partition coefficient (Wildman–Crippen LogP) is 4.03. The molecule has 4 rings (SSSR count). The van der Waals surface area contributed by atoms with Crippen molar-refractivity contribution >= 4 is 23.1 Å². The molecule has 3 aliphatic rings. The lowest BCUT2D eigenvalue weighted by atomic mass is 9.71. The van der Waals surface area contributed by atoms with Gasteiger partial charge in [-0.3, -0.25) is 9.59 Å². The van der Waals surface area contributed by atoms with Crippen LogP contribution < -0.4 is 15.5 Å². The fraction of sp³-hybridized carbons (Fsp3) is 0.500. The smallest absolute Gasteiger partial charge is 0.239 e. The Morgan fingerprint density at radius 1 is 1.24 bits per heavy atom. The zero-order valence-corrected chi connectivity index (χ0v) is 17.6. The van der Waals surface area contributed by atoms with Crippen molar-refractivity contribution in [1.82, 2.24) is 5.32 Å². The van der Waals surface area contributed by atoms with Gasteiger partial charge in [-0.05, 0) is 49.1 Å². The monoisotopic (exact) mass is 393 g/mol. The Morgan fingerprint density at radius 3 is 2.76 bits per heavy atom. The molecule has 0 saturated carbocycles. The van der Waals surface area contributed by atoms with Crippen LogP contribution in [0.1, 0.15) is 46.0 Å². The van der Waals surface area contributed by atoms with Crippen molar-refractivity contribution in [3.63, 3.8) is 0 Å². The van der Waals surface area contributed by atoms with E-state index in [1.165, 1.54) is 0 Å². The SMILES string of the molecule is CNC(=O)CN1c2ccccc2NC2=C(C(=O)CC(C)(C)C2)[C@H]1[C@H]1CC=CCC1. The van der Waals surface area contributed by atoms with E-state index in [-0.39, 0.29) is 29.7 Å². The Kier molecular flexibility index (Phi) is 5.24. The number of carbonyl (C=O) groups excluding carboxylic acids is 2. The Hall–Kier alpha value is -2.56. The maximum atomic E-state index is 13.5. The summed E-state index contributed by atoms with van der Waals surface area (Å²) in [4.78, 5) is 28.1. The standard InChI is InChI=1S/C24H31N3O2/c1-24(2)13-18-22(20(28)14-24)23(16-9-5-4-6-10-16)27(15-21(29)25-3)19-12-8-7-11-17(19)26-18/h4-5,7-8,11-12,16,23,26H,6,9-10,13-15H2,1-3H3,(H,25,29)/t16-,23+/m0/s1. The third-order valence-corrected chi connectivity index (χ3v) is 6.40. The quantitative estimate of drug-likeness (QED) is 0.761. The van der Waals surface area contributed by atoms with Gasteiger partial charge in [0.2, 0.25) is 5.91 Å². The second-order valence-corrected chi connectivity index (χ2v) is 9.27. The van der Waals surface area contributed by atoms with Crippen molar-refractivity contribution in [3.05, 3.63) is 47.7 Å². The Balaban J connectivity index is 1.89. The Labute approximate surface area is 173 Å². The molecule has 0 bridgehead atoms. The van der Waals surface area contributed by atoms with Crippen LogP contribution in [0, 0.1) is 11.3 Å². The molecule has 2 atom stereocenters. The fourth-order valence-corrected chi connectivity index (χ4v) is 5.10. The second kappa shape index (κ2) is 7.69. The first-order valence-electron chi connectivity index (χ1n) is 10.6. The summed E-state index contributed by atoms with van der Waals surface area (Å²) in [5, 5.41) is 6.37. The summed E-state index contributed by atoms with van der Waals surface area (Å²) in [5.74, 6) is 0.495. The number of Topliss-reactive ketones (excluding diaryl/α,β-unsaturated/α-hetero) is 1. The number of benzene rings is 1. The van der Waals surface area contributed by atoms with Crippen molar-refractivity contribution in [2.75, 3.05) is 23.8 Å². The van der Waals surface area contributed by atoms with Gasteiger partial charge in [-0.2, -0.15) is 0 Å². The molecule has 1 aromatic rings. The minimum Gasteiger partial charge on any atom is -0.358 e. The number of allylic oxidation sites excluding steroid dienone is 3. The third kappa shape index (κ3) is 3.83. The van der Waals surface area contributed by atoms with Crippen LogP contribution in [0.4, 0.5) is 11.4 Å². The molecule has 0 saturated heterocycles. The maximum absolute atomic E-state index is 13.5. The normalized spacial score (nSPS) is 25.6. The largest absolute Gasteiger partial charge is 0.358 e. The number of para-hydroxylation sites is 2. The number of carbonyl (C=O) groups is 2. The minimum atomic E-state index is -0.0907. The lowest BCUT2D eigenvalue weighted by Crippen LogP contribution is -2.49. The zero-order valence-electron chi connectivity index (χ0n) is 17.6. The number of nitrogens with one attached hydrogen (secondary N) is 2. The summed E-state index contributed by atoms with van der Waals surface area (Å²) >= 11 is 0. The summed E-state index contributed by atoms with van der Waals surface area (Å²) in [6.45, 7) is 4.56. The number of likely N-dealkylation sites (N-methyl/N-ethyl adjacent to an activating group) is 1. The van der Waals surface area contributed by atoms with Crippen LogP contribution >= 0.6 is 0 Å². The topological polar surface area (TPSA) is 61.4 Å². The molecule has 2 N–H and O–H groups in total. The van der Waals surface area contributed by atoms with Crippen LogP contribution in [0.2, 0.25) is 0 Å². The van der Waals surface area contributed by atoms with Gasteiger partial charge in [0.1, 0.15) is 0 Å². The highest BCUT2D eigenvalue weighted by molar-refractivity contribution is 6.01. The molecule has 2 aliphatic carbocycles. The van der Waals surface area contributed by atoms with E-state index in [9.17, 15) is 9.59 Å². The molecule has 5 heteroatoms. The molecule has 1 aromatic carbocycles. The average Bonchev–Trinajstić information content (AvgIpc) is 2.82. The first-order valence-corrected chi connectivity index (χ1v) is 10.6. The Morgan fingerprint density at radius 2 is 2.03 bits per heavy atom. The number of hydrogen-bond donors (Lipinski definition) is 2. The van der Waals surface area contributed by atoms with E-state index >= 15 is 0 Å². The number of ketones is 1. The van der Waals surface area contributed by atoms with Gasteiger partial charge in [-0.15, -0.1) is 0 Å². The number of fused-ring (bicyclic) bond motifs is 1. The summed E-state index contributed by atoms with van der Waals surface area (Å²) in [6, 6.07) is 8.03. The van der Waals surface area contributed by atoms with E-state index < -0.39 is 0 Å². The Bertz CT molecular complexity index is 884. The van der Waals surface area contributed by atoms with Gasteiger partial charge in [0.25, 0.3) is 0 Å². The lowest BCUT2D eigenvalue weighted by molar-refractivity contribution is -0.120. The summed E-state index contributed by atoms with van der Waals surface area (Å²) in [7, 11) is 1.67. The molecule has 1 amide bonds. The highest BCUT2D eigenvalue weighted by Crippen LogP contribution is 2.46. The van der Waals surface area contributed by atoms with Crippen LogP contribution in [0.15, 0.2) is 47.7 Å². The highest BCUT2D eigenvalue weighted by Gasteiger charge is 2.43. The van der Waals surface area contributed by atoms with Crippen LogP contribution in [0.3, 0.4) is 0 Å². The fourth-order valence-electron chi connectivity index (χ4n) is 5.10. The van der Waals surface area contributed by atoms with Crippen molar-refractivity contribution in [2.24, 2.45) is 11.3 Å². The molecular weight excluding hydrogens is 362 g/mol. The molecular formula is C24H31N3O2. The number of amides is 1. The number of hydrogen-bond acceptors (Lipinski definition) is 4. The summed E-state index contributed by atoms with van der Waals surface area (Å²) in [5.41, 5.74) is 3.84. The van der Waals surface area contributed by atoms with Crippen LogP contribution in [-0.2, 0) is 9.59 Å². The van der Waals surface area contributed by atoms with Crippen molar-refractivity contribution < 1.29 is 9.59 Å². The molecule has 5 nitrogen and oxygen atoms in total. The van der Waals surface area contributed by atoms with Gasteiger partial charge < -0.3 is 15.5 Å². The zero-order chi connectivity index (χ0) is 20.6. The predicted molar refractivity (Wildman–Crippen MR) is 117 cm³/mol. The van der Waals surface area contributed by atoms with Crippen LogP contribution in [0.5, 0.6) is 0 Å². The molecule has 0 unspecified atom stereocenters. The van der Waals surface area contributed by atoms with E-state index in [0.717, 1.165) is 48.3 Å². The van der Waals surface area contributed by atoms with Crippen LogP contribution in [-0.4, -0.2) is 31.3 Å². The summed E-state index contributed by atoms with van der Waals surface area (Å²) < 4.78 is 0. The molecule has 154 valence electrons. The van der Waals surface area contributed by atoms with Gasteiger partial charge >= 0.3 is 0 Å².